The highest BCUT2D eigenvalue weighted by atomic mass is 16.5. The Balaban J connectivity index is 0.0000000844. The number of hydrogen-bond acceptors (Lipinski definition) is 7. The number of rotatable bonds is 0. The van der Waals surface area contributed by atoms with Gasteiger partial charge >= 0.3 is 45.2 Å². The van der Waals surface area contributed by atoms with Gasteiger partial charge in [-0.2, -0.15) is 69.2 Å². The van der Waals surface area contributed by atoms with Crippen LogP contribution in [0.2, 0.25) is 0 Å². The SMILES string of the molecule is CC1=C2c3ccc4c5c3-c3n(c6ccccc6[n+]3C53c5c(ccc6c7ccccc7n7c8ccccc8[n+]3c7c56)O4)C2N=N1.Cn1cnc2c1c1ccc3c4c1c1n2c2ccccc2[n+]1C41c2c(ccc4c5ccccc5n5c6ccccc6[n+]1c5c24)O3.Cn1ncc2c1c1ccc3c4c1c1n2c2ccccc2[n+]1C41c2c(ccc4c5ccccc5n5c6ccccc6[n+]1c5c24)O3. The summed E-state index contributed by atoms with van der Waals surface area (Å²) in [4.78, 5) is 5.00. The van der Waals surface area contributed by atoms with Crippen LogP contribution in [0.15, 0.2) is 320 Å². The van der Waals surface area contributed by atoms with E-state index in [-0.39, 0.29) is 6.17 Å². The first-order chi connectivity index (χ1) is 65.3. The van der Waals surface area contributed by atoms with Gasteiger partial charge in [-0.3, -0.25) is 4.68 Å². The third kappa shape index (κ3) is 6.18. The maximum atomic E-state index is 6.94. The van der Waals surface area contributed by atoms with Crippen molar-refractivity contribution in [3.05, 3.63) is 348 Å². The molecule has 0 radical (unpaired) electrons. The number of para-hydroxylation sites is 15. The van der Waals surface area contributed by atoms with Gasteiger partial charge in [-0.1, -0.05) is 127 Å². The minimum atomic E-state index is -0.690. The molecule has 4 unspecified atom stereocenters. The zero-order valence-electron chi connectivity index (χ0n) is 70.2. The topological polar surface area (TPSA) is 138 Å². The van der Waals surface area contributed by atoms with Crippen LogP contribution < -0.4 is 41.6 Å². The Labute approximate surface area is 740 Å². The molecule has 0 saturated heterocycles. The van der Waals surface area contributed by atoms with E-state index in [1.165, 1.54) is 220 Å². The van der Waals surface area contributed by atoms with E-state index in [1.807, 2.05) is 24.3 Å². The number of imidazole rings is 7. The number of aryl methyl sites for hydroxylation is 2. The normalized spacial score (nSPS) is 18.6. The summed E-state index contributed by atoms with van der Waals surface area (Å²) in [6.07, 6.45) is 3.75. The summed E-state index contributed by atoms with van der Waals surface area (Å²) in [7, 11) is 4.14. The third-order valence-corrected chi connectivity index (χ3v) is 32.4. The molecule has 0 N–H and O–H groups in total. The van der Waals surface area contributed by atoms with Crippen LogP contribution in [-0.4, -0.2) is 45.9 Å². The van der Waals surface area contributed by atoms with Gasteiger partial charge in [-0.15, -0.1) is 5.11 Å². The van der Waals surface area contributed by atoms with Crippen LogP contribution in [0, 0.1) is 0 Å². The number of azo groups is 1. The Bertz CT molecular complexity index is 10600. The maximum absolute atomic E-state index is 6.94. The molecule has 13 aromatic heterocycles. The van der Waals surface area contributed by atoms with Crippen LogP contribution >= 0.6 is 0 Å². The minimum Gasteiger partial charge on any atom is -0.456 e. The van der Waals surface area contributed by atoms with Crippen molar-refractivity contribution in [3.8, 4) is 45.9 Å². The van der Waals surface area contributed by atoms with E-state index in [1.54, 1.807) is 0 Å². The molecule has 0 aliphatic carbocycles. The molecule has 132 heavy (non-hydrogen) atoms. The van der Waals surface area contributed by atoms with Gasteiger partial charge in [0.1, 0.15) is 95.5 Å². The molecule has 3 spiro atoms. The molecule has 11 aliphatic heterocycles. The van der Waals surface area contributed by atoms with E-state index < -0.39 is 17.0 Å². The third-order valence-electron chi connectivity index (χ3n) is 32.4. The van der Waals surface area contributed by atoms with Gasteiger partial charge < -0.3 is 18.8 Å². The highest BCUT2D eigenvalue weighted by Gasteiger charge is 2.73. The standard InChI is InChI=1S/3C37H20N6O/c1-39-34-21-15-17-29-33-31(21)36-41(27(34)18-38-39)24-11-5-7-13-26(24)43(36)37(33)32-28(44-29)16-14-20-19-8-2-3-9-22(19)40-23-10-4-6-12-25(23)42(37)35(40)30(20)32;1-39-18-38-34-33(39)21-15-17-28-32-30(21)36-41(34)24-11-5-7-13-26(24)43(36)37(32)31-27(44-28)16-14-20-19-8-2-3-9-22(19)40-23-10-4-6-12-25(23)42(37)35(40)29(20)31;1-18-29-21-15-17-28-33-31(21)36-41(34(29)39-38-18)24-11-5-7-13-26(24)43(36)37(33)32-27(44-28)16-14-20-19-8-2-3-9-22(19)40-23-10-4-6-12-25(23)42(37)35(40)30(20)32/h2*2-18H,1H3;2-17,34H,1H3/q3*+2. The van der Waals surface area contributed by atoms with Gasteiger partial charge in [0.25, 0.3) is 11.5 Å². The van der Waals surface area contributed by atoms with Crippen LogP contribution in [0.4, 0.5) is 0 Å². The molecule has 39 rings (SSSR count). The summed E-state index contributed by atoms with van der Waals surface area (Å²) in [6.45, 7) is 2.09. The average molecular weight is 1690 g/mol. The number of fused-ring (bicyclic) bond motifs is 36. The molecule has 11 aliphatic rings. The van der Waals surface area contributed by atoms with Crippen LogP contribution in [0.5, 0.6) is 34.5 Å². The van der Waals surface area contributed by atoms with E-state index in [2.05, 4.69) is 369 Å². The average Bonchev–Trinajstić information content (AvgIpc) is 1.46. The lowest BCUT2D eigenvalue weighted by atomic mass is 9.82. The molecule has 28 aromatic rings. The summed E-state index contributed by atoms with van der Waals surface area (Å²) < 4.78 is 55.4. The summed E-state index contributed by atoms with van der Waals surface area (Å²) >= 11 is 0. The Morgan fingerprint density at radius 3 is 1.08 bits per heavy atom. The first kappa shape index (κ1) is 64.9. The van der Waals surface area contributed by atoms with Crippen molar-refractivity contribution < 1.29 is 41.6 Å². The van der Waals surface area contributed by atoms with E-state index in [0.29, 0.717) is 0 Å². The van der Waals surface area contributed by atoms with Crippen LogP contribution in [0.25, 0.3) is 220 Å². The first-order valence-electron chi connectivity index (χ1n) is 45.3. The second-order valence-electron chi connectivity index (χ2n) is 37.6. The van der Waals surface area contributed by atoms with Gasteiger partial charge in [-0.25, -0.2) is 0 Å². The van der Waals surface area contributed by atoms with E-state index in [0.717, 1.165) is 79.1 Å². The van der Waals surface area contributed by atoms with Crippen molar-refractivity contribution in [2.75, 3.05) is 0 Å². The second-order valence-corrected chi connectivity index (χ2v) is 37.6. The zero-order valence-corrected chi connectivity index (χ0v) is 70.2. The number of allylic oxidation sites excluding steroid dienone is 1. The fourth-order valence-electron chi connectivity index (χ4n) is 28.4. The molecule has 21 nitrogen and oxygen atoms in total. The monoisotopic (exact) mass is 1690 g/mol. The fraction of sp³-hybridized carbons (Fsp3) is 0.0631. The molecule has 4 atom stereocenters. The van der Waals surface area contributed by atoms with Crippen LogP contribution in [0.1, 0.15) is 52.0 Å². The van der Waals surface area contributed by atoms with Gasteiger partial charge in [0.15, 0.2) is 71.7 Å². The van der Waals surface area contributed by atoms with Crippen molar-refractivity contribution >= 4 is 209 Å². The minimum absolute atomic E-state index is 0.198. The van der Waals surface area contributed by atoms with E-state index in [9.17, 15) is 0 Å². The Morgan fingerprint density at radius 2 is 0.644 bits per heavy atom. The number of pyridine rings is 5. The van der Waals surface area contributed by atoms with E-state index >= 15 is 0 Å². The van der Waals surface area contributed by atoms with Crippen molar-refractivity contribution in [1.82, 2.24) is 45.9 Å². The lowest BCUT2D eigenvalue weighted by Crippen LogP contribution is -2.71. The molecule has 21 heteroatoms. The van der Waals surface area contributed by atoms with Crippen molar-refractivity contribution in [2.24, 2.45) is 24.3 Å². The summed E-state index contributed by atoms with van der Waals surface area (Å²) in [6, 6.07) is 106. The molecule has 15 aromatic carbocycles. The lowest BCUT2D eigenvalue weighted by Gasteiger charge is -2.31. The Morgan fingerprint density at radius 1 is 0.311 bits per heavy atom. The predicted molar refractivity (Wildman–Crippen MR) is 503 cm³/mol. The summed E-state index contributed by atoms with van der Waals surface area (Å²) in [5, 5.41) is 30.4. The van der Waals surface area contributed by atoms with Gasteiger partial charge in [0.05, 0.1) is 56.3 Å². The zero-order chi connectivity index (χ0) is 84.6. The van der Waals surface area contributed by atoms with Gasteiger partial charge in [0.2, 0.25) is 6.17 Å². The predicted octanol–water partition coefficient (Wildman–Crippen LogP) is 20.2. The van der Waals surface area contributed by atoms with E-state index in [4.69, 9.17) is 29.4 Å². The molecular weight excluding hydrogens is 1630 g/mol. The highest BCUT2D eigenvalue weighted by molar-refractivity contribution is 6.23. The maximum Gasteiger partial charge on any atom is 0.316 e. The number of ether oxygens (including phenoxy) is 3. The smallest absolute Gasteiger partial charge is 0.316 e. The second kappa shape index (κ2) is 20.4. The molecular formula is C111H60N18O3+6. The fourth-order valence-corrected chi connectivity index (χ4v) is 28.4. The first-order valence-corrected chi connectivity index (χ1v) is 45.3. The quantitative estimate of drug-likeness (QED) is 0.110. The number of nitrogens with zero attached hydrogens (tertiary/aromatic N) is 18. The Hall–Kier alpha value is -17.7. The van der Waals surface area contributed by atoms with Crippen molar-refractivity contribution in [3.63, 3.8) is 0 Å². The summed E-state index contributed by atoms with van der Waals surface area (Å²) in [5.74, 6) is 6.65. The highest BCUT2D eigenvalue weighted by Crippen LogP contribution is 2.66. The largest absolute Gasteiger partial charge is 0.456 e. The molecule has 0 saturated carbocycles. The summed E-state index contributed by atoms with van der Waals surface area (Å²) in [5.41, 5.74) is 38.0. The number of hydrogen-bond donors (Lipinski definition) is 0. The molecule has 24 heterocycles. The van der Waals surface area contributed by atoms with Crippen molar-refractivity contribution in [2.45, 2.75) is 30.1 Å². The molecule has 606 valence electrons. The molecule has 0 fully saturated rings. The number of aromatic nitrogens is 16. The number of benzene rings is 15. The van der Waals surface area contributed by atoms with Crippen molar-refractivity contribution in [1.29, 1.82) is 0 Å². The molecule has 0 amide bonds. The van der Waals surface area contributed by atoms with Gasteiger partial charge in [-0.05, 0) is 171 Å². The van der Waals surface area contributed by atoms with Crippen LogP contribution in [0.3, 0.4) is 0 Å². The van der Waals surface area contributed by atoms with Gasteiger partial charge in [0, 0.05) is 62.7 Å². The molecule has 0 bridgehead atoms. The lowest BCUT2D eigenvalue weighted by molar-refractivity contribution is -0.929. The van der Waals surface area contributed by atoms with Crippen LogP contribution in [-0.2, 0) is 31.1 Å². The Kier molecular flexibility index (Phi) is 10.1.